The predicted molar refractivity (Wildman–Crippen MR) is 56.2 cm³/mol. The highest BCUT2D eigenvalue weighted by Gasteiger charge is 1.95. The number of hydrogen-bond acceptors (Lipinski definition) is 4. The van der Waals surface area contributed by atoms with E-state index in [4.69, 9.17) is 0 Å². The maximum Gasteiger partial charge on any atom is 0.345 e. The van der Waals surface area contributed by atoms with Crippen molar-refractivity contribution < 1.29 is 5.11 Å². The minimum absolute atomic E-state index is 0.178. The zero-order valence-corrected chi connectivity index (χ0v) is 7.77. The molecule has 1 aromatic carbocycles. The van der Waals surface area contributed by atoms with Gasteiger partial charge in [0, 0.05) is 18.0 Å². The van der Waals surface area contributed by atoms with Gasteiger partial charge in [0.1, 0.15) is 5.75 Å². The molecule has 0 spiro atoms. The third-order valence-corrected chi connectivity index (χ3v) is 1.81. The number of anilines is 2. The van der Waals surface area contributed by atoms with Crippen LogP contribution in [-0.4, -0.2) is 15.1 Å². The van der Waals surface area contributed by atoms with Crippen LogP contribution < -0.4 is 11.0 Å². The maximum absolute atomic E-state index is 10.7. The lowest BCUT2D eigenvalue weighted by molar-refractivity contribution is 0.475. The van der Waals surface area contributed by atoms with Gasteiger partial charge in [-0.05, 0) is 12.1 Å². The lowest BCUT2D eigenvalue weighted by Gasteiger charge is -2.04. The van der Waals surface area contributed by atoms with E-state index in [9.17, 15) is 9.90 Å². The zero-order chi connectivity index (χ0) is 10.7. The van der Waals surface area contributed by atoms with Crippen molar-refractivity contribution in [3.63, 3.8) is 0 Å². The second-order valence-corrected chi connectivity index (χ2v) is 2.98. The number of hydrogen-bond donors (Lipinski definition) is 3. The van der Waals surface area contributed by atoms with Gasteiger partial charge < -0.3 is 15.4 Å². The van der Waals surface area contributed by atoms with Crippen molar-refractivity contribution in [1.29, 1.82) is 0 Å². The average Bonchev–Trinajstić information content (AvgIpc) is 2.22. The summed E-state index contributed by atoms with van der Waals surface area (Å²) in [7, 11) is 0. The Morgan fingerprint density at radius 3 is 2.87 bits per heavy atom. The first-order chi connectivity index (χ1) is 7.24. The van der Waals surface area contributed by atoms with Crippen molar-refractivity contribution in [1.82, 2.24) is 9.97 Å². The van der Waals surface area contributed by atoms with Gasteiger partial charge in [0.2, 0.25) is 0 Å². The summed E-state index contributed by atoms with van der Waals surface area (Å²) in [4.78, 5) is 16.7. The largest absolute Gasteiger partial charge is 0.508 e. The van der Waals surface area contributed by atoms with E-state index in [0.29, 0.717) is 5.69 Å². The molecule has 76 valence electrons. The Bertz CT molecular complexity index is 502. The third kappa shape index (κ3) is 2.34. The molecule has 0 aliphatic carbocycles. The van der Waals surface area contributed by atoms with Crippen LogP contribution in [0.1, 0.15) is 0 Å². The van der Waals surface area contributed by atoms with Gasteiger partial charge in [0.15, 0.2) is 0 Å². The summed E-state index contributed by atoms with van der Waals surface area (Å²) in [5.74, 6) is 0.178. The maximum atomic E-state index is 10.7. The number of phenolic OH excluding ortho intramolecular Hbond substituents is 1. The highest BCUT2D eigenvalue weighted by molar-refractivity contribution is 5.59. The molecule has 0 unspecified atom stereocenters. The summed E-state index contributed by atoms with van der Waals surface area (Å²) >= 11 is 0. The van der Waals surface area contributed by atoms with E-state index in [0.717, 1.165) is 5.69 Å². The Kier molecular flexibility index (Phi) is 2.37. The number of aromatic amines is 1. The van der Waals surface area contributed by atoms with E-state index < -0.39 is 5.69 Å². The van der Waals surface area contributed by atoms with E-state index in [1.54, 1.807) is 24.3 Å². The monoisotopic (exact) mass is 203 g/mol. The Labute approximate surface area is 85.4 Å². The summed E-state index contributed by atoms with van der Waals surface area (Å²) < 4.78 is 0. The molecule has 15 heavy (non-hydrogen) atoms. The van der Waals surface area contributed by atoms with E-state index >= 15 is 0 Å². The van der Waals surface area contributed by atoms with Crippen LogP contribution >= 0.6 is 0 Å². The second kappa shape index (κ2) is 3.83. The van der Waals surface area contributed by atoms with Crippen LogP contribution in [0.25, 0.3) is 0 Å². The van der Waals surface area contributed by atoms with Crippen molar-refractivity contribution in [3.8, 4) is 5.75 Å². The van der Waals surface area contributed by atoms with Crippen LogP contribution in [0, 0.1) is 0 Å². The second-order valence-electron chi connectivity index (χ2n) is 2.98. The van der Waals surface area contributed by atoms with Crippen molar-refractivity contribution in [2.45, 2.75) is 0 Å². The number of aromatic nitrogens is 2. The molecule has 0 amide bonds. The topological polar surface area (TPSA) is 78.0 Å². The first-order valence-electron chi connectivity index (χ1n) is 4.35. The number of rotatable bonds is 2. The summed E-state index contributed by atoms with van der Waals surface area (Å²) in [6.07, 6.45) is 2.93. The summed E-state index contributed by atoms with van der Waals surface area (Å²) in [6, 6.07) is 6.67. The number of benzene rings is 1. The predicted octanol–water partition coefficient (Wildman–Crippen LogP) is 1.22. The molecule has 2 aromatic rings. The molecule has 0 bridgehead atoms. The van der Waals surface area contributed by atoms with Crippen molar-refractivity contribution in [3.05, 3.63) is 47.1 Å². The quantitative estimate of drug-likeness (QED) is 0.685. The number of phenols is 1. The fourth-order valence-electron chi connectivity index (χ4n) is 1.16. The van der Waals surface area contributed by atoms with Crippen molar-refractivity contribution in [2.24, 2.45) is 0 Å². The van der Waals surface area contributed by atoms with Crippen molar-refractivity contribution in [2.75, 3.05) is 5.32 Å². The van der Waals surface area contributed by atoms with Gasteiger partial charge in [-0.1, -0.05) is 6.07 Å². The Hall–Kier alpha value is -2.30. The molecule has 0 saturated heterocycles. The molecule has 0 aliphatic heterocycles. The molecule has 5 nitrogen and oxygen atoms in total. The lowest BCUT2D eigenvalue weighted by Crippen LogP contribution is -2.08. The minimum atomic E-state index is -0.392. The van der Waals surface area contributed by atoms with E-state index in [-0.39, 0.29) is 5.75 Å². The van der Waals surface area contributed by atoms with Gasteiger partial charge in [-0.3, -0.25) is 0 Å². The average molecular weight is 203 g/mol. The molecule has 0 atom stereocenters. The molecule has 5 heteroatoms. The van der Waals surface area contributed by atoms with Gasteiger partial charge in [-0.15, -0.1) is 0 Å². The Morgan fingerprint density at radius 1 is 1.33 bits per heavy atom. The minimum Gasteiger partial charge on any atom is -0.508 e. The van der Waals surface area contributed by atoms with Gasteiger partial charge in [-0.2, -0.15) is 4.98 Å². The molecule has 2 rings (SSSR count). The van der Waals surface area contributed by atoms with Crippen LogP contribution in [-0.2, 0) is 0 Å². The first kappa shape index (κ1) is 9.26. The fraction of sp³-hybridized carbons (Fsp3) is 0. The summed E-state index contributed by atoms with van der Waals surface area (Å²) in [5, 5.41) is 12.2. The fourth-order valence-corrected chi connectivity index (χ4v) is 1.16. The normalized spacial score (nSPS) is 9.87. The number of H-pyrrole nitrogens is 1. The summed E-state index contributed by atoms with van der Waals surface area (Å²) in [5.41, 5.74) is 0.987. The lowest BCUT2D eigenvalue weighted by atomic mass is 10.3. The highest BCUT2D eigenvalue weighted by atomic mass is 16.3. The third-order valence-electron chi connectivity index (χ3n) is 1.81. The molecule has 3 N–H and O–H groups in total. The van der Waals surface area contributed by atoms with Gasteiger partial charge in [0.05, 0.1) is 11.9 Å². The highest BCUT2D eigenvalue weighted by Crippen LogP contribution is 2.18. The van der Waals surface area contributed by atoms with Crippen LogP contribution in [0.2, 0.25) is 0 Å². The molecular formula is C10H9N3O2. The molecule has 0 aliphatic rings. The molecule has 0 fully saturated rings. The van der Waals surface area contributed by atoms with Crippen LogP contribution in [0.5, 0.6) is 5.75 Å². The van der Waals surface area contributed by atoms with Crippen molar-refractivity contribution >= 4 is 11.4 Å². The number of nitrogens with one attached hydrogen (secondary N) is 2. The van der Waals surface area contributed by atoms with Crippen LogP contribution in [0.15, 0.2) is 41.5 Å². The molecule has 0 radical (unpaired) electrons. The molecule has 1 heterocycles. The molecule has 1 aromatic heterocycles. The van der Waals surface area contributed by atoms with Gasteiger partial charge in [0.25, 0.3) is 0 Å². The van der Waals surface area contributed by atoms with Gasteiger partial charge in [-0.25, -0.2) is 4.79 Å². The van der Waals surface area contributed by atoms with Gasteiger partial charge >= 0.3 is 5.69 Å². The molecule has 0 saturated carbocycles. The zero-order valence-electron chi connectivity index (χ0n) is 7.77. The Morgan fingerprint density at radius 2 is 2.20 bits per heavy atom. The SMILES string of the molecule is O=c1ncc(Nc2cccc(O)c2)c[nH]1. The first-order valence-corrected chi connectivity index (χ1v) is 4.35. The Balaban J connectivity index is 2.22. The van der Waals surface area contributed by atoms with E-state index in [2.05, 4.69) is 15.3 Å². The summed E-state index contributed by atoms with van der Waals surface area (Å²) in [6.45, 7) is 0. The van der Waals surface area contributed by atoms with E-state index in [1.165, 1.54) is 12.4 Å². The van der Waals surface area contributed by atoms with E-state index in [1.807, 2.05) is 0 Å². The van der Waals surface area contributed by atoms with Crippen LogP contribution in [0.3, 0.4) is 0 Å². The van der Waals surface area contributed by atoms with Crippen LogP contribution in [0.4, 0.5) is 11.4 Å². The standard InChI is InChI=1S/C10H9N3O2/c14-9-3-1-2-7(4-9)13-8-5-11-10(15)12-6-8/h1-6,13-14H,(H,11,12,15). The number of aromatic hydroxyl groups is 1. The smallest absolute Gasteiger partial charge is 0.345 e. The number of nitrogens with zero attached hydrogens (tertiary/aromatic N) is 1. The molecular weight excluding hydrogens is 194 g/mol.